The number of halogens is 1. The maximum Gasteiger partial charge on any atom is 0.200 e. The van der Waals surface area contributed by atoms with Crippen molar-refractivity contribution in [3.8, 4) is 5.75 Å². The van der Waals surface area contributed by atoms with E-state index in [1.165, 1.54) is 0 Å². The second kappa shape index (κ2) is 13.1. The van der Waals surface area contributed by atoms with E-state index in [9.17, 15) is 0 Å². The molecule has 29 heavy (non-hydrogen) atoms. The molecule has 0 heterocycles. The average molecular weight is 490 g/mol. The molecule has 0 saturated carbocycles. The lowest BCUT2D eigenvalue weighted by molar-refractivity contribution is -0.00716. The lowest BCUT2D eigenvalue weighted by Gasteiger charge is -2.42. The van der Waals surface area contributed by atoms with E-state index in [1.54, 1.807) is 0 Å². The van der Waals surface area contributed by atoms with Gasteiger partial charge in [0.1, 0.15) is 12.4 Å². The Morgan fingerprint density at radius 3 is 2.10 bits per heavy atom. The highest BCUT2D eigenvalue weighted by molar-refractivity contribution is 9.10. The molecule has 0 bridgehead atoms. The Bertz CT molecular complexity index is 570. The van der Waals surface area contributed by atoms with Crippen LogP contribution in [0.2, 0.25) is 16.6 Å². The third-order valence-electron chi connectivity index (χ3n) is 5.47. The molecule has 0 saturated heterocycles. The number of hydrogen-bond acceptors (Lipinski definition) is 4. The third-order valence-corrected chi connectivity index (χ3v) is 12.2. The van der Waals surface area contributed by atoms with Crippen LogP contribution in [0.5, 0.6) is 5.75 Å². The summed E-state index contributed by atoms with van der Waals surface area (Å²) in [6.07, 6.45) is 0.107. The van der Waals surface area contributed by atoms with E-state index in [-0.39, 0.29) is 6.10 Å². The minimum Gasteiger partial charge on any atom is -0.490 e. The SMILES string of the molecule is CCOC(C)COCc1ccc(Br)c(OCCO[Si](C(C)C)(C(C)C)C(C)C)c1. The highest BCUT2D eigenvalue weighted by Gasteiger charge is 2.44. The zero-order valence-electron chi connectivity index (χ0n) is 19.6. The molecule has 1 aromatic carbocycles. The van der Waals surface area contributed by atoms with E-state index >= 15 is 0 Å². The van der Waals surface area contributed by atoms with Crippen LogP contribution in [0.25, 0.3) is 0 Å². The van der Waals surface area contributed by atoms with Gasteiger partial charge in [0.2, 0.25) is 0 Å². The Kier molecular flexibility index (Phi) is 12.0. The van der Waals surface area contributed by atoms with E-state index in [2.05, 4.69) is 57.5 Å². The van der Waals surface area contributed by atoms with Crippen molar-refractivity contribution in [3.63, 3.8) is 0 Å². The standard InChI is InChI=1S/C23H41BrO4Si/c1-9-26-20(8)15-25-16-21-10-11-22(24)23(14-21)27-12-13-28-29(17(2)3,18(4)5)19(6)7/h10-11,14,17-20H,9,12-13,15-16H2,1-8H3. The Morgan fingerprint density at radius 2 is 1.55 bits per heavy atom. The van der Waals surface area contributed by atoms with E-state index in [0.29, 0.717) is 49.7 Å². The highest BCUT2D eigenvalue weighted by Crippen LogP contribution is 2.42. The van der Waals surface area contributed by atoms with E-state index in [0.717, 1.165) is 15.8 Å². The van der Waals surface area contributed by atoms with Gasteiger partial charge in [-0.25, -0.2) is 0 Å². The second-order valence-corrected chi connectivity index (χ2v) is 14.9. The van der Waals surface area contributed by atoms with Gasteiger partial charge in [0.25, 0.3) is 0 Å². The number of rotatable bonds is 14. The Labute approximate surface area is 187 Å². The molecular weight excluding hydrogens is 448 g/mol. The Balaban J connectivity index is 2.61. The van der Waals surface area contributed by atoms with Crippen molar-refractivity contribution >= 4 is 24.2 Å². The molecule has 0 spiro atoms. The van der Waals surface area contributed by atoms with Crippen molar-refractivity contribution in [2.24, 2.45) is 0 Å². The minimum atomic E-state index is -1.85. The molecular formula is C23H41BrO4Si. The smallest absolute Gasteiger partial charge is 0.200 e. The predicted octanol–water partition coefficient (Wildman–Crippen LogP) is 6.96. The minimum absolute atomic E-state index is 0.107. The number of hydrogen-bond donors (Lipinski definition) is 0. The molecule has 0 amide bonds. The first-order chi connectivity index (χ1) is 13.6. The Morgan fingerprint density at radius 1 is 0.931 bits per heavy atom. The fourth-order valence-corrected chi connectivity index (χ4v) is 10.1. The monoisotopic (exact) mass is 488 g/mol. The van der Waals surface area contributed by atoms with Gasteiger partial charge in [-0.05, 0) is 64.1 Å². The summed E-state index contributed by atoms with van der Waals surface area (Å²) >= 11 is 3.59. The van der Waals surface area contributed by atoms with Crippen LogP contribution < -0.4 is 4.74 Å². The molecule has 0 aliphatic rings. The van der Waals surface area contributed by atoms with Crippen LogP contribution in [0.15, 0.2) is 22.7 Å². The zero-order valence-corrected chi connectivity index (χ0v) is 22.2. The quantitative estimate of drug-likeness (QED) is 0.209. The predicted molar refractivity (Wildman–Crippen MR) is 127 cm³/mol. The van der Waals surface area contributed by atoms with E-state index in [1.807, 2.05) is 32.0 Å². The van der Waals surface area contributed by atoms with Crippen LogP contribution in [0, 0.1) is 0 Å². The van der Waals surface area contributed by atoms with Gasteiger partial charge in [-0.3, -0.25) is 0 Å². The van der Waals surface area contributed by atoms with Crippen molar-refractivity contribution in [1.82, 2.24) is 0 Å². The Hall–Kier alpha value is -0.403. The first-order valence-electron chi connectivity index (χ1n) is 10.9. The summed E-state index contributed by atoms with van der Waals surface area (Å²) in [6, 6.07) is 6.09. The summed E-state index contributed by atoms with van der Waals surface area (Å²) in [5.74, 6) is 0.832. The lowest BCUT2D eigenvalue weighted by Crippen LogP contribution is -2.48. The van der Waals surface area contributed by atoms with Gasteiger partial charge in [-0.1, -0.05) is 47.6 Å². The maximum atomic E-state index is 6.58. The molecule has 0 fully saturated rings. The van der Waals surface area contributed by atoms with Crippen LogP contribution in [-0.2, 0) is 20.5 Å². The molecule has 0 aliphatic heterocycles. The van der Waals surface area contributed by atoms with Gasteiger partial charge in [0.15, 0.2) is 8.32 Å². The molecule has 0 radical (unpaired) electrons. The van der Waals surface area contributed by atoms with Crippen LogP contribution in [0.3, 0.4) is 0 Å². The fraction of sp³-hybridized carbons (Fsp3) is 0.739. The van der Waals surface area contributed by atoms with Gasteiger partial charge in [0, 0.05) is 6.61 Å². The molecule has 1 rings (SSSR count). The molecule has 1 aromatic rings. The van der Waals surface area contributed by atoms with Gasteiger partial charge < -0.3 is 18.6 Å². The van der Waals surface area contributed by atoms with Crippen LogP contribution in [0.4, 0.5) is 0 Å². The molecule has 0 aromatic heterocycles. The van der Waals surface area contributed by atoms with Crippen LogP contribution in [-0.4, -0.2) is 40.8 Å². The second-order valence-electron chi connectivity index (χ2n) is 8.56. The van der Waals surface area contributed by atoms with Crippen molar-refractivity contribution in [2.75, 3.05) is 26.4 Å². The van der Waals surface area contributed by atoms with Crippen LogP contribution in [0.1, 0.15) is 61.0 Å². The average Bonchev–Trinajstić information content (AvgIpc) is 2.63. The molecule has 6 heteroatoms. The largest absolute Gasteiger partial charge is 0.490 e. The van der Waals surface area contributed by atoms with Gasteiger partial charge in [0.05, 0.1) is 30.4 Å². The lowest BCUT2D eigenvalue weighted by atomic mass is 10.2. The van der Waals surface area contributed by atoms with Crippen molar-refractivity contribution < 1.29 is 18.6 Å². The van der Waals surface area contributed by atoms with E-state index < -0.39 is 8.32 Å². The fourth-order valence-electron chi connectivity index (χ4n) is 4.29. The summed E-state index contributed by atoms with van der Waals surface area (Å²) in [5, 5.41) is 0. The molecule has 168 valence electrons. The van der Waals surface area contributed by atoms with Crippen molar-refractivity contribution in [3.05, 3.63) is 28.2 Å². The van der Waals surface area contributed by atoms with Crippen LogP contribution >= 0.6 is 15.9 Å². The van der Waals surface area contributed by atoms with Gasteiger partial charge >= 0.3 is 0 Å². The summed E-state index contributed by atoms with van der Waals surface area (Å²) in [6.45, 7) is 20.9. The summed E-state index contributed by atoms with van der Waals surface area (Å²) < 4.78 is 24.8. The molecule has 1 atom stereocenters. The summed E-state index contributed by atoms with van der Waals surface area (Å²) in [7, 11) is -1.85. The van der Waals surface area contributed by atoms with E-state index in [4.69, 9.17) is 18.6 Å². The molecule has 1 unspecified atom stereocenters. The number of ether oxygens (including phenoxy) is 3. The maximum absolute atomic E-state index is 6.58. The number of benzene rings is 1. The first-order valence-corrected chi connectivity index (χ1v) is 13.8. The van der Waals surface area contributed by atoms with Gasteiger partial charge in [-0.2, -0.15) is 0 Å². The third kappa shape index (κ3) is 7.98. The molecule has 0 aliphatic carbocycles. The summed E-state index contributed by atoms with van der Waals surface area (Å²) in [5.41, 5.74) is 2.82. The first kappa shape index (κ1) is 26.6. The van der Waals surface area contributed by atoms with Crippen molar-refractivity contribution in [2.45, 2.75) is 84.7 Å². The topological polar surface area (TPSA) is 36.9 Å². The highest BCUT2D eigenvalue weighted by atomic mass is 79.9. The summed E-state index contributed by atoms with van der Waals surface area (Å²) in [4.78, 5) is 0. The van der Waals surface area contributed by atoms with Gasteiger partial charge in [-0.15, -0.1) is 0 Å². The van der Waals surface area contributed by atoms with Crippen molar-refractivity contribution in [1.29, 1.82) is 0 Å². The zero-order chi connectivity index (χ0) is 22.0. The normalized spacial score (nSPS) is 13.5. The molecule has 0 N–H and O–H groups in total. The molecule has 4 nitrogen and oxygen atoms in total.